The summed E-state index contributed by atoms with van der Waals surface area (Å²) in [5.41, 5.74) is 6.86. The summed E-state index contributed by atoms with van der Waals surface area (Å²) in [6.45, 7) is 2.26. The van der Waals surface area contributed by atoms with Crippen LogP contribution in [0.1, 0.15) is 45.4 Å². The second kappa shape index (κ2) is 2.50. The molecule has 3 aliphatic rings. The molecular weight excluding hydrogens is 158 g/mol. The summed E-state index contributed by atoms with van der Waals surface area (Å²) < 4.78 is 0. The molecule has 2 bridgehead atoms. The third-order valence-electron chi connectivity index (χ3n) is 5.47. The maximum Gasteiger partial charge on any atom is 0.00724 e. The number of fused-ring (bicyclic) bond motifs is 5. The number of hydrogen-bond donors (Lipinski definition) is 1. The van der Waals surface area contributed by atoms with Gasteiger partial charge in [0.25, 0.3) is 0 Å². The van der Waals surface area contributed by atoms with Crippen LogP contribution in [-0.4, -0.2) is 6.04 Å². The fourth-order valence-corrected chi connectivity index (χ4v) is 5.07. The molecule has 5 atom stereocenters. The SMILES string of the molecule is CC(N)[C@]12CCCC1C1CCC2C1. The zero-order chi connectivity index (χ0) is 9.05. The molecule has 0 amide bonds. The predicted octanol–water partition coefficient (Wildman–Crippen LogP) is 2.55. The lowest BCUT2D eigenvalue weighted by molar-refractivity contribution is 0.0839. The molecule has 0 radical (unpaired) electrons. The van der Waals surface area contributed by atoms with Crippen LogP contribution in [0.4, 0.5) is 0 Å². The quantitative estimate of drug-likeness (QED) is 0.657. The molecule has 3 rings (SSSR count). The minimum atomic E-state index is 0.454. The number of rotatable bonds is 1. The van der Waals surface area contributed by atoms with Crippen LogP contribution in [0.3, 0.4) is 0 Å². The molecule has 0 saturated heterocycles. The van der Waals surface area contributed by atoms with Crippen molar-refractivity contribution in [2.45, 2.75) is 51.5 Å². The average molecular weight is 179 g/mol. The molecule has 13 heavy (non-hydrogen) atoms. The minimum absolute atomic E-state index is 0.454. The van der Waals surface area contributed by atoms with Crippen LogP contribution in [0, 0.1) is 23.2 Å². The molecule has 0 aromatic carbocycles. The van der Waals surface area contributed by atoms with Crippen molar-refractivity contribution in [1.82, 2.24) is 0 Å². The van der Waals surface area contributed by atoms with Crippen LogP contribution in [-0.2, 0) is 0 Å². The van der Waals surface area contributed by atoms with Crippen molar-refractivity contribution < 1.29 is 0 Å². The molecular formula is C12H21N. The highest BCUT2D eigenvalue weighted by molar-refractivity contribution is 5.11. The molecule has 4 unspecified atom stereocenters. The summed E-state index contributed by atoms with van der Waals surface area (Å²) in [6, 6.07) is 0.454. The summed E-state index contributed by atoms with van der Waals surface area (Å²) >= 11 is 0. The van der Waals surface area contributed by atoms with Crippen LogP contribution in [0.2, 0.25) is 0 Å². The van der Waals surface area contributed by atoms with E-state index in [0.29, 0.717) is 11.5 Å². The Morgan fingerprint density at radius 1 is 1.31 bits per heavy atom. The fraction of sp³-hybridized carbons (Fsp3) is 1.00. The summed E-state index contributed by atoms with van der Waals surface area (Å²) in [7, 11) is 0. The first-order valence-electron chi connectivity index (χ1n) is 6.00. The molecule has 3 aliphatic carbocycles. The molecule has 0 aromatic heterocycles. The zero-order valence-electron chi connectivity index (χ0n) is 8.63. The van der Waals surface area contributed by atoms with Gasteiger partial charge in [-0.1, -0.05) is 6.42 Å². The Bertz CT molecular complexity index is 223. The van der Waals surface area contributed by atoms with Gasteiger partial charge < -0.3 is 5.73 Å². The third kappa shape index (κ3) is 0.823. The van der Waals surface area contributed by atoms with Crippen molar-refractivity contribution >= 4 is 0 Å². The van der Waals surface area contributed by atoms with Gasteiger partial charge in [0.15, 0.2) is 0 Å². The first-order valence-corrected chi connectivity index (χ1v) is 6.00. The van der Waals surface area contributed by atoms with Crippen LogP contribution >= 0.6 is 0 Å². The van der Waals surface area contributed by atoms with Gasteiger partial charge in [-0.25, -0.2) is 0 Å². The third-order valence-corrected chi connectivity index (χ3v) is 5.47. The standard InChI is InChI=1S/C12H21N/c1-8(13)12-6-2-3-11(12)9-4-5-10(12)7-9/h8-11H,2-7,13H2,1H3/t8?,9?,10?,11?,12-/m0/s1. The van der Waals surface area contributed by atoms with Crippen molar-refractivity contribution in [2.75, 3.05) is 0 Å². The summed E-state index contributed by atoms with van der Waals surface area (Å²) in [5, 5.41) is 0. The van der Waals surface area contributed by atoms with E-state index in [4.69, 9.17) is 5.73 Å². The molecule has 0 heterocycles. The lowest BCUT2D eigenvalue weighted by Crippen LogP contribution is -2.46. The van der Waals surface area contributed by atoms with Gasteiger partial charge in [0.05, 0.1) is 0 Å². The zero-order valence-corrected chi connectivity index (χ0v) is 8.63. The van der Waals surface area contributed by atoms with Gasteiger partial charge >= 0.3 is 0 Å². The minimum Gasteiger partial charge on any atom is -0.327 e. The van der Waals surface area contributed by atoms with Crippen LogP contribution < -0.4 is 5.73 Å². The number of hydrogen-bond acceptors (Lipinski definition) is 1. The Hall–Kier alpha value is -0.0400. The maximum absolute atomic E-state index is 6.26. The highest BCUT2D eigenvalue weighted by Gasteiger charge is 2.60. The lowest BCUT2D eigenvalue weighted by Gasteiger charge is -2.43. The van der Waals surface area contributed by atoms with Crippen molar-refractivity contribution in [3.8, 4) is 0 Å². The van der Waals surface area contributed by atoms with Gasteiger partial charge in [-0.05, 0) is 62.2 Å². The van der Waals surface area contributed by atoms with Crippen molar-refractivity contribution in [3.63, 3.8) is 0 Å². The second-order valence-corrected chi connectivity index (χ2v) is 5.67. The molecule has 2 N–H and O–H groups in total. The van der Waals surface area contributed by atoms with E-state index in [9.17, 15) is 0 Å². The Balaban J connectivity index is 1.99. The van der Waals surface area contributed by atoms with E-state index in [1.807, 2.05) is 0 Å². The van der Waals surface area contributed by atoms with Gasteiger partial charge in [-0.15, -0.1) is 0 Å². The Kier molecular flexibility index (Phi) is 1.59. The predicted molar refractivity (Wildman–Crippen MR) is 54.3 cm³/mol. The average Bonchev–Trinajstić information content (AvgIpc) is 2.76. The van der Waals surface area contributed by atoms with E-state index in [1.54, 1.807) is 0 Å². The largest absolute Gasteiger partial charge is 0.327 e. The topological polar surface area (TPSA) is 26.0 Å². The van der Waals surface area contributed by atoms with E-state index in [2.05, 4.69) is 6.92 Å². The smallest absolute Gasteiger partial charge is 0.00724 e. The second-order valence-electron chi connectivity index (χ2n) is 5.67. The number of nitrogens with two attached hydrogens (primary N) is 1. The van der Waals surface area contributed by atoms with Crippen molar-refractivity contribution in [3.05, 3.63) is 0 Å². The Morgan fingerprint density at radius 3 is 2.85 bits per heavy atom. The molecule has 3 fully saturated rings. The Labute approximate surface area is 81.1 Å². The van der Waals surface area contributed by atoms with Crippen molar-refractivity contribution in [1.29, 1.82) is 0 Å². The molecule has 1 nitrogen and oxygen atoms in total. The lowest BCUT2D eigenvalue weighted by atomic mass is 9.64. The molecule has 1 heteroatoms. The van der Waals surface area contributed by atoms with Gasteiger partial charge in [0, 0.05) is 6.04 Å². The summed E-state index contributed by atoms with van der Waals surface area (Å²) in [6.07, 6.45) is 8.91. The monoisotopic (exact) mass is 179 g/mol. The normalized spacial score (nSPS) is 55.4. The fourth-order valence-electron chi connectivity index (χ4n) is 5.07. The molecule has 0 aromatic rings. The van der Waals surface area contributed by atoms with E-state index in [1.165, 1.54) is 38.5 Å². The van der Waals surface area contributed by atoms with E-state index in [0.717, 1.165) is 17.8 Å². The first kappa shape index (κ1) is 8.28. The van der Waals surface area contributed by atoms with E-state index in [-0.39, 0.29) is 0 Å². The molecule has 0 spiro atoms. The highest BCUT2D eigenvalue weighted by Crippen LogP contribution is 2.67. The maximum atomic E-state index is 6.26. The first-order chi connectivity index (χ1) is 6.25. The summed E-state index contributed by atoms with van der Waals surface area (Å²) in [4.78, 5) is 0. The summed E-state index contributed by atoms with van der Waals surface area (Å²) in [5.74, 6) is 3.09. The van der Waals surface area contributed by atoms with Crippen LogP contribution in [0.25, 0.3) is 0 Å². The molecule has 0 aliphatic heterocycles. The highest BCUT2D eigenvalue weighted by atomic mass is 14.8. The van der Waals surface area contributed by atoms with Gasteiger partial charge in [-0.2, -0.15) is 0 Å². The molecule has 74 valence electrons. The van der Waals surface area contributed by atoms with Crippen LogP contribution in [0.15, 0.2) is 0 Å². The van der Waals surface area contributed by atoms with Gasteiger partial charge in [0.1, 0.15) is 0 Å². The van der Waals surface area contributed by atoms with Crippen LogP contribution in [0.5, 0.6) is 0 Å². The van der Waals surface area contributed by atoms with E-state index < -0.39 is 0 Å². The Morgan fingerprint density at radius 2 is 2.15 bits per heavy atom. The van der Waals surface area contributed by atoms with Gasteiger partial charge in [-0.3, -0.25) is 0 Å². The van der Waals surface area contributed by atoms with Gasteiger partial charge in [0.2, 0.25) is 0 Å². The van der Waals surface area contributed by atoms with Crippen molar-refractivity contribution in [2.24, 2.45) is 28.9 Å². The molecule has 3 saturated carbocycles. The van der Waals surface area contributed by atoms with E-state index >= 15 is 0 Å².